The van der Waals surface area contributed by atoms with E-state index in [-0.39, 0.29) is 34.3 Å². The number of nitrogens with zero attached hydrogens (tertiary/aromatic N) is 1. The Morgan fingerprint density at radius 3 is 2.70 bits per heavy atom. The fraction of sp³-hybridized carbons (Fsp3) is 0.176. The van der Waals surface area contributed by atoms with Gasteiger partial charge < -0.3 is 9.64 Å². The van der Waals surface area contributed by atoms with Gasteiger partial charge in [-0.15, -0.1) is 0 Å². The molecular formula is C17H15ClF3NO. The maximum Gasteiger partial charge on any atom is 0.256 e. The average molecular weight is 342 g/mol. The van der Waals surface area contributed by atoms with Crippen LogP contribution in [0.1, 0.15) is 5.56 Å². The second kappa shape index (κ2) is 7.42. The van der Waals surface area contributed by atoms with E-state index in [0.717, 1.165) is 0 Å². The molecule has 0 aromatic heterocycles. The maximum absolute atomic E-state index is 14.4. The minimum atomic E-state index is -2.64. The number of rotatable bonds is 6. The Balaban J connectivity index is 2.53. The van der Waals surface area contributed by atoms with Crippen LogP contribution in [0.15, 0.2) is 60.3 Å². The monoisotopic (exact) mass is 341 g/mol. The minimum absolute atomic E-state index is 0.0802. The molecule has 0 N–H and O–H groups in total. The molecule has 1 aliphatic heterocycles. The van der Waals surface area contributed by atoms with Gasteiger partial charge in [0.25, 0.3) is 6.43 Å². The zero-order valence-electron chi connectivity index (χ0n) is 12.2. The van der Waals surface area contributed by atoms with Crippen molar-refractivity contribution in [3.63, 3.8) is 0 Å². The Bertz CT molecular complexity index is 682. The van der Waals surface area contributed by atoms with Gasteiger partial charge in [0, 0.05) is 0 Å². The SMILES string of the molecule is C=CCOc1cccc(F)c1C1=CC=C(Cl)C(=C)N1CC(F)F. The molecule has 122 valence electrons. The van der Waals surface area contributed by atoms with E-state index in [9.17, 15) is 13.2 Å². The summed E-state index contributed by atoms with van der Waals surface area (Å²) >= 11 is 5.95. The third-order valence-electron chi connectivity index (χ3n) is 3.19. The number of halogens is 4. The van der Waals surface area contributed by atoms with Crippen molar-refractivity contribution in [1.82, 2.24) is 4.90 Å². The maximum atomic E-state index is 14.4. The van der Waals surface area contributed by atoms with E-state index < -0.39 is 18.8 Å². The largest absolute Gasteiger partial charge is 0.489 e. The van der Waals surface area contributed by atoms with Crippen molar-refractivity contribution in [1.29, 1.82) is 0 Å². The predicted octanol–water partition coefficient (Wildman–Crippen LogP) is 4.95. The number of allylic oxidation sites excluding steroid dienone is 3. The van der Waals surface area contributed by atoms with Crippen LogP contribution in [0.4, 0.5) is 13.2 Å². The third kappa shape index (κ3) is 3.79. The van der Waals surface area contributed by atoms with Crippen LogP contribution >= 0.6 is 11.6 Å². The van der Waals surface area contributed by atoms with Crippen molar-refractivity contribution in [2.24, 2.45) is 0 Å². The molecule has 0 aliphatic carbocycles. The highest BCUT2D eigenvalue weighted by molar-refractivity contribution is 6.32. The number of hydrogen-bond donors (Lipinski definition) is 0. The lowest BCUT2D eigenvalue weighted by Crippen LogP contribution is -2.29. The van der Waals surface area contributed by atoms with Crippen LogP contribution in [-0.2, 0) is 0 Å². The molecule has 23 heavy (non-hydrogen) atoms. The fourth-order valence-corrected chi connectivity index (χ4v) is 2.36. The van der Waals surface area contributed by atoms with Crippen LogP contribution in [0, 0.1) is 5.82 Å². The zero-order valence-corrected chi connectivity index (χ0v) is 13.0. The normalized spacial score (nSPS) is 14.7. The lowest BCUT2D eigenvalue weighted by molar-refractivity contribution is 0.123. The van der Waals surface area contributed by atoms with Crippen LogP contribution in [0.25, 0.3) is 5.70 Å². The molecule has 0 radical (unpaired) electrons. The molecule has 2 nitrogen and oxygen atoms in total. The molecule has 1 aliphatic rings. The van der Waals surface area contributed by atoms with E-state index in [4.69, 9.17) is 16.3 Å². The van der Waals surface area contributed by atoms with E-state index in [0.29, 0.717) is 0 Å². The zero-order chi connectivity index (χ0) is 17.0. The molecule has 0 spiro atoms. The van der Waals surface area contributed by atoms with E-state index in [1.165, 1.54) is 35.3 Å². The molecule has 0 amide bonds. The van der Waals surface area contributed by atoms with Gasteiger partial charge in [0.15, 0.2) is 0 Å². The van der Waals surface area contributed by atoms with Crippen molar-refractivity contribution >= 4 is 17.3 Å². The van der Waals surface area contributed by atoms with Crippen molar-refractivity contribution in [3.8, 4) is 5.75 Å². The summed E-state index contributed by atoms with van der Waals surface area (Å²) in [6, 6.07) is 4.28. The van der Waals surface area contributed by atoms with E-state index in [2.05, 4.69) is 13.2 Å². The van der Waals surface area contributed by atoms with Crippen LogP contribution in [-0.4, -0.2) is 24.5 Å². The first-order chi connectivity index (χ1) is 11.0. The van der Waals surface area contributed by atoms with Crippen molar-refractivity contribution in [3.05, 3.63) is 71.7 Å². The molecule has 1 heterocycles. The first-order valence-corrected chi connectivity index (χ1v) is 7.18. The van der Waals surface area contributed by atoms with E-state index >= 15 is 0 Å². The summed E-state index contributed by atoms with van der Waals surface area (Å²) in [4.78, 5) is 1.19. The van der Waals surface area contributed by atoms with Gasteiger partial charge in [-0.25, -0.2) is 13.2 Å². The Morgan fingerprint density at radius 1 is 1.30 bits per heavy atom. The van der Waals surface area contributed by atoms with Crippen LogP contribution in [0.2, 0.25) is 0 Å². The summed E-state index contributed by atoms with van der Waals surface area (Å²) in [6.45, 7) is 6.75. The lowest BCUT2D eigenvalue weighted by Gasteiger charge is -2.32. The van der Waals surface area contributed by atoms with Gasteiger partial charge in [-0.2, -0.15) is 0 Å². The molecule has 0 unspecified atom stereocenters. The summed E-state index contributed by atoms with van der Waals surface area (Å²) in [5, 5.41) is 0.222. The summed E-state index contributed by atoms with van der Waals surface area (Å²) in [7, 11) is 0. The first-order valence-electron chi connectivity index (χ1n) is 6.80. The molecule has 0 atom stereocenters. The molecule has 0 saturated heterocycles. The highest BCUT2D eigenvalue weighted by Gasteiger charge is 2.27. The van der Waals surface area contributed by atoms with Crippen LogP contribution in [0.5, 0.6) is 5.75 Å². The van der Waals surface area contributed by atoms with Gasteiger partial charge in [0.05, 0.1) is 28.5 Å². The molecule has 0 saturated carbocycles. The molecule has 1 aromatic rings. The van der Waals surface area contributed by atoms with Crippen molar-refractivity contribution in [2.75, 3.05) is 13.2 Å². The van der Waals surface area contributed by atoms with Crippen LogP contribution in [0.3, 0.4) is 0 Å². The fourth-order valence-electron chi connectivity index (χ4n) is 2.20. The smallest absolute Gasteiger partial charge is 0.256 e. The second-order valence-corrected chi connectivity index (χ2v) is 5.13. The summed E-state index contributed by atoms with van der Waals surface area (Å²) < 4.78 is 45.6. The first kappa shape index (κ1) is 17.2. The summed E-state index contributed by atoms with van der Waals surface area (Å²) in [5.74, 6) is -0.356. The van der Waals surface area contributed by atoms with Gasteiger partial charge >= 0.3 is 0 Å². The highest BCUT2D eigenvalue weighted by atomic mass is 35.5. The topological polar surface area (TPSA) is 12.5 Å². The number of benzene rings is 1. The van der Waals surface area contributed by atoms with Crippen molar-refractivity contribution in [2.45, 2.75) is 6.43 Å². The van der Waals surface area contributed by atoms with Gasteiger partial charge in [-0.1, -0.05) is 36.9 Å². The Labute approximate surface area is 137 Å². The molecule has 0 fully saturated rings. The minimum Gasteiger partial charge on any atom is -0.489 e. The molecule has 1 aromatic carbocycles. The number of alkyl halides is 2. The average Bonchev–Trinajstić information content (AvgIpc) is 2.50. The Kier molecular flexibility index (Phi) is 5.55. The quantitative estimate of drug-likeness (QED) is 0.679. The van der Waals surface area contributed by atoms with Gasteiger partial charge in [0.2, 0.25) is 0 Å². The molecule has 6 heteroatoms. The van der Waals surface area contributed by atoms with Gasteiger partial charge in [0.1, 0.15) is 18.2 Å². The van der Waals surface area contributed by atoms with Gasteiger partial charge in [-0.3, -0.25) is 0 Å². The summed E-state index contributed by atoms with van der Waals surface area (Å²) in [6.07, 6.45) is 1.84. The molecular weight excluding hydrogens is 327 g/mol. The second-order valence-electron chi connectivity index (χ2n) is 4.73. The standard InChI is InChI=1S/C17H15ClF3NO/c1-3-9-23-15-6-4-5-13(19)17(15)14-8-7-12(18)11(2)22(14)10-16(20)21/h3-8,16H,1-2,9-10H2. The lowest BCUT2D eigenvalue weighted by atomic mass is 10.0. The van der Waals surface area contributed by atoms with Crippen LogP contribution < -0.4 is 4.74 Å². The molecule has 0 bridgehead atoms. The number of ether oxygens (including phenoxy) is 1. The number of hydrogen-bond acceptors (Lipinski definition) is 2. The highest BCUT2D eigenvalue weighted by Crippen LogP contribution is 2.38. The Hall–Kier alpha value is -2.14. The van der Waals surface area contributed by atoms with Crippen molar-refractivity contribution < 1.29 is 17.9 Å². The van der Waals surface area contributed by atoms with E-state index in [1.54, 1.807) is 6.07 Å². The Morgan fingerprint density at radius 2 is 2.04 bits per heavy atom. The summed E-state index contributed by atoms with van der Waals surface area (Å²) in [5.41, 5.74) is 0.482. The third-order valence-corrected chi connectivity index (χ3v) is 3.53. The van der Waals surface area contributed by atoms with Gasteiger partial charge in [-0.05, 0) is 24.3 Å². The van der Waals surface area contributed by atoms with E-state index in [1.807, 2.05) is 0 Å². The molecule has 2 rings (SSSR count). The predicted molar refractivity (Wildman–Crippen MR) is 85.9 cm³/mol.